The molecular weight excluding hydrogens is 200 g/mol. The molecule has 0 aromatic carbocycles. The van der Waals surface area contributed by atoms with Gasteiger partial charge >= 0.3 is 0 Å². The second-order valence-corrected chi connectivity index (χ2v) is 5.59. The Morgan fingerprint density at radius 2 is 1.88 bits per heavy atom. The van der Waals surface area contributed by atoms with Gasteiger partial charge in [-0.3, -0.25) is 0 Å². The summed E-state index contributed by atoms with van der Waals surface area (Å²) in [6.45, 7) is 4.78. The molecule has 0 radical (unpaired) electrons. The molecule has 2 fully saturated rings. The van der Waals surface area contributed by atoms with E-state index in [4.69, 9.17) is 4.74 Å². The first-order chi connectivity index (χ1) is 7.74. The zero-order valence-corrected chi connectivity index (χ0v) is 10.8. The van der Waals surface area contributed by atoms with Crippen LogP contribution in [0.1, 0.15) is 32.1 Å². The fourth-order valence-electron chi connectivity index (χ4n) is 3.17. The highest BCUT2D eigenvalue weighted by molar-refractivity contribution is 4.89. The van der Waals surface area contributed by atoms with Crippen molar-refractivity contribution in [3.63, 3.8) is 0 Å². The molecule has 0 unspecified atom stereocenters. The normalized spacial score (nSPS) is 28.1. The molecular formula is C13H26N2O. The van der Waals surface area contributed by atoms with Gasteiger partial charge in [0.05, 0.1) is 5.60 Å². The van der Waals surface area contributed by atoms with E-state index in [2.05, 4.69) is 17.3 Å². The molecule has 2 heterocycles. The number of ether oxygens (including phenoxy) is 1. The summed E-state index contributed by atoms with van der Waals surface area (Å²) in [6.07, 6.45) is 6.37. The summed E-state index contributed by atoms with van der Waals surface area (Å²) in [6, 6.07) is 0. The van der Waals surface area contributed by atoms with Crippen LogP contribution in [0.25, 0.3) is 0 Å². The van der Waals surface area contributed by atoms with Crippen molar-refractivity contribution in [3.05, 3.63) is 0 Å². The molecule has 2 aliphatic rings. The standard InChI is InChI=1S/C13H26N2O/c1-15-9-3-12(4-10-15)11-13(16-2)5-7-14-8-6-13/h12,14H,3-11H2,1-2H3. The van der Waals surface area contributed by atoms with Gasteiger partial charge < -0.3 is 15.0 Å². The third-order valence-corrected chi connectivity index (χ3v) is 4.45. The first-order valence-corrected chi connectivity index (χ1v) is 6.68. The van der Waals surface area contributed by atoms with Gasteiger partial charge in [-0.2, -0.15) is 0 Å². The maximum atomic E-state index is 5.85. The smallest absolute Gasteiger partial charge is 0.0705 e. The van der Waals surface area contributed by atoms with Crippen molar-refractivity contribution in [2.24, 2.45) is 5.92 Å². The average molecular weight is 226 g/mol. The first-order valence-electron chi connectivity index (χ1n) is 6.68. The van der Waals surface area contributed by atoms with Gasteiger partial charge in [0.25, 0.3) is 0 Å². The minimum atomic E-state index is 0.186. The minimum Gasteiger partial charge on any atom is -0.378 e. The lowest BCUT2D eigenvalue weighted by molar-refractivity contribution is -0.0563. The monoisotopic (exact) mass is 226 g/mol. The van der Waals surface area contributed by atoms with E-state index >= 15 is 0 Å². The van der Waals surface area contributed by atoms with Crippen LogP contribution in [0, 0.1) is 5.92 Å². The molecule has 2 aliphatic heterocycles. The van der Waals surface area contributed by atoms with E-state index in [1.54, 1.807) is 0 Å². The van der Waals surface area contributed by atoms with Crippen LogP contribution >= 0.6 is 0 Å². The van der Waals surface area contributed by atoms with Gasteiger partial charge in [0.1, 0.15) is 0 Å². The molecule has 0 atom stereocenters. The van der Waals surface area contributed by atoms with Crippen LogP contribution in [-0.2, 0) is 4.74 Å². The highest BCUT2D eigenvalue weighted by Crippen LogP contribution is 2.33. The molecule has 3 heteroatoms. The van der Waals surface area contributed by atoms with Crippen LogP contribution in [0.5, 0.6) is 0 Å². The number of nitrogens with zero attached hydrogens (tertiary/aromatic N) is 1. The highest BCUT2D eigenvalue weighted by Gasteiger charge is 2.35. The van der Waals surface area contributed by atoms with Crippen LogP contribution < -0.4 is 5.32 Å². The summed E-state index contributed by atoms with van der Waals surface area (Å²) in [5, 5.41) is 3.43. The molecule has 3 nitrogen and oxygen atoms in total. The molecule has 94 valence electrons. The number of hydrogen-bond donors (Lipinski definition) is 1. The van der Waals surface area contributed by atoms with Crippen molar-refractivity contribution in [1.82, 2.24) is 10.2 Å². The third kappa shape index (κ3) is 2.96. The second kappa shape index (κ2) is 5.48. The summed E-state index contributed by atoms with van der Waals surface area (Å²) in [5.74, 6) is 0.884. The summed E-state index contributed by atoms with van der Waals surface area (Å²) >= 11 is 0. The van der Waals surface area contributed by atoms with E-state index in [-0.39, 0.29) is 5.60 Å². The largest absolute Gasteiger partial charge is 0.378 e. The van der Waals surface area contributed by atoms with Crippen molar-refractivity contribution < 1.29 is 4.74 Å². The molecule has 0 spiro atoms. The van der Waals surface area contributed by atoms with E-state index in [0.717, 1.165) is 19.0 Å². The quantitative estimate of drug-likeness (QED) is 0.789. The zero-order chi connectivity index (χ0) is 11.4. The summed E-state index contributed by atoms with van der Waals surface area (Å²) in [7, 11) is 4.13. The van der Waals surface area contributed by atoms with Gasteiger partial charge in [0, 0.05) is 7.11 Å². The van der Waals surface area contributed by atoms with Gasteiger partial charge in [-0.15, -0.1) is 0 Å². The topological polar surface area (TPSA) is 24.5 Å². The second-order valence-electron chi connectivity index (χ2n) is 5.59. The van der Waals surface area contributed by atoms with Crippen LogP contribution in [0.3, 0.4) is 0 Å². The van der Waals surface area contributed by atoms with E-state index in [9.17, 15) is 0 Å². The van der Waals surface area contributed by atoms with Crippen molar-refractivity contribution in [2.45, 2.75) is 37.7 Å². The summed E-state index contributed by atoms with van der Waals surface area (Å²) in [5.41, 5.74) is 0.186. The summed E-state index contributed by atoms with van der Waals surface area (Å²) in [4.78, 5) is 2.44. The fraction of sp³-hybridized carbons (Fsp3) is 1.00. The third-order valence-electron chi connectivity index (χ3n) is 4.45. The highest BCUT2D eigenvalue weighted by atomic mass is 16.5. The van der Waals surface area contributed by atoms with Crippen LogP contribution in [0.4, 0.5) is 0 Å². The van der Waals surface area contributed by atoms with Crippen molar-refractivity contribution >= 4 is 0 Å². The SMILES string of the molecule is COC1(CC2CCN(C)CC2)CCNCC1. The van der Waals surface area contributed by atoms with Gasteiger partial charge in [-0.25, -0.2) is 0 Å². The molecule has 0 aliphatic carbocycles. The Bertz CT molecular complexity index is 206. The molecule has 16 heavy (non-hydrogen) atoms. The molecule has 0 saturated carbocycles. The molecule has 0 bridgehead atoms. The molecule has 2 saturated heterocycles. The lowest BCUT2D eigenvalue weighted by atomic mass is 9.79. The predicted octanol–water partition coefficient (Wildman–Crippen LogP) is 1.49. The van der Waals surface area contributed by atoms with Crippen LogP contribution in [0.15, 0.2) is 0 Å². The predicted molar refractivity (Wildman–Crippen MR) is 66.7 cm³/mol. The number of piperidine rings is 2. The number of methoxy groups -OCH3 is 1. The van der Waals surface area contributed by atoms with Gasteiger partial charge in [0.15, 0.2) is 0 Å². The van der Waals surface area contributed by atoms with Gasteiger partial charge in [-0.1, -0.05) is 0 Å². The molecule has 1 N–H and O–H groups in total. The molecule has 0 aromatic rings. The molecule has 0 amide bonds. The Labute approximate surface area is 99.5 Å². The maximum absolute atomic E-state index is 5.85. The lowest BCUT2D eigenvalue weighted by Crippen LogP contribution is -2.45. The Balaban J connectivity index is 1.86. The van der Waals surface area contributed by atoms with E-state index in [1.165, 1.54) is 45.2 Å². The summed E-state index contributed by atoms with van der Waals surface area (Å²) < 4.78 is 5.85. The minimum absolute atomic E-state index is 0.186. The Kier molecular flexibility index (Phi) is 4.22. The Hall–Kier alpha value is -0.120. The number of likely N-dealkylation sites (tertiary alicyclic amines) is 1. The van der Waals surface area contributed by atoms with Crippen molar-refractivity contribution in [2.75, 3.05) is 40.3 Å². The van der Waals surface area contributed by atoms with E-state index < -0.39 is 0 Å². The Morgan fingerprint density at radius 1 is 1.25 bits per heavy atom. The first kappa shape index (κ1) is 12.3. The number of hydrogen-bond acceptors (Lipinski definition) is 3. The zero-order valence-electron chi connectivity index (χ0n) is 10.8. The van der Waals surface area contributed by atoms with Gasteiger partial charge in [0.2, 0.25) is 0 Å². The maximum Gasteiger partial charge on any atom is 0.0705 e. The van der Waals surface area contributed by atoms with Crippen molar-refractivity contribution in [1.29, 1.82) is 0 Å². The average Bonchev–Trinajstić information content (AvgIpc) is 2.33. The molecule has 0 aromatic heterocycles. The van der Waals surface area contributed by atoms with Crippen LogP contribution in [0.2, 0.25) is 0 Å². The van der Waals surface area contributed by atoms with E-state index in [1.807, 2.05) is 7.11 Å². The van der Waals surface area contributed by atoms with Crippen LogP contribution in [-0.4, -0.2) is 50.8 Å². The van der Waals surface area contributed by atoms with E-state index in [0.29, 0.717) is 0 Å². The molecule has 2 rings (SSSR count). The number of nitrogens with one attached hydrogen (secondary N) is 1. The number of rotatable bonds is 3. The van der Waals surface area contributed by atoms with Crippen molar-refractivity contribution in [3.8, 4) is 0 Å². The van der Waals surface area contributed by atoms with Gasteiger partial charge in [-0.05, 0) is 71.2 Å². The Morgan fingerprint density at radius 3 is 2.44 bits per heavy atom. The lowest BCUT2D eigenvalue weighted by Gasteiger charge is -2.41. The fourth-order valence-corrected chi connectivity index (χ4v) is 3.17.